The van der Waals surface area contributed by atoms with Crippen LogP contribution in [0.5, 0.6) is 0 Å². The van der Waals surface area contributed by atoms with Crippen molar-refractivity contribution in [3.63, 3.8) is 0 Å². The minimum absolute atomic E-state index is 0.0315. The SMILES string of the molecule is Cc1cccc(CNC(=O)CN2CCCCC2C(C)O)c1. The Hall–Kier alpha value is -1.39. The molecule has 1 aromatic rings. The van der Waals surface area contributed by atoms with Crippen LogP contribution in [0.4, 0.5) is 0 Å². The lowest BCUT2D eigenvalue weighted by Crippen LogP contribution is -2.49. The second-order valence-corrected chi connectivity index (χ2v) is 6.04. The lowest BCUT2D eigenvalue weighted by Gasteiger charge is -2.36. The number of aliphatic hydroxyl groups excluding tert-OH is 1. The van der Waals surface area contributed by atoms with Crippen LogP contribution in [0.25, 0.3) is 0 Å². The van der Waals surface area contributed by atoms with Crippen molar-refractivity contribution < 1.29 is 9.90 Å². The molecule has 1 amide bonds. The van der Waals surface area contributed by atoms with Gasteiger partial charge in [-0.05, 0) is 38.8 Å². The van der Waals surface area contributed by atoms with E-state index in [-0.39, 0.29) is 18.1 Å². The molecule has 116 valence electrons. The number of likely N-dealkylation sites (tertiary alicyclic amines) is 1. The third kappa shape index (κ3) is 4.83. The minimum Gasteiger partial charge on any atom is -0.392 e. The number of rotatable bonds is 5. The van der Waals surface area contributed by atoms with Crippen molar-refractivity contribution in [3.8, 4) is 0 Å². The second kappa shape index (κ2) is 7.57. The van der Waals surface area contributed by atoms with Crippen LogP contribution in [0, 0.1) is 6.92 Å². The smallest absolute Gasteiger partial charge is 0.234 e. The summed E-state index contributed by atoms with van der Waals surface area (Å²) >= 11 is 0. The summed E-state index contributed by atoms with van der Waals surface area (Å²) in [5, 5.41) is 12.8. The van der Waals surface area contributed by atoms with E-state index >= 15 is 0 Å². The molecule has 2 atom stereocenters. The van der Waals surface area contributed by atoms with Gasteiger partial charge in [0.05, 0.1) is 12.6 Å². The Bertz CT molecular complexity index is 474. The molecule has 4 nitrogen and oxygen atoms in total. The standard InChI is InChI=1S/C17H26N2O2/c1-13-6-5-7-15(10-13)11-18-17(21)12-19-9-4-3-8-16(19)14(2)20/h5-7,10,14,16,20H,3-4,8-9,11-12H2,1-2H3,(H,18,21). The lowest BCUT2D eigenvalue weighted by atomic mass is 9.98. The fraction of sp³-hybridized carbons (Fsp3) is 0.588. The van der Waals surface area contributed by atoms with Gasteiger partial charge in [-0.25, -0.2) is 0 Å². The normalized spacial score (nSPS) is 21.0. The third-order valence-corrected chi connectivity index (χ3v) is 4.14. The molecule has 0 bridgehead atoms. The van der Waals surface area contributed by atoms with E-state index in [0.29, 0.717) is 13.1 Å². The first-order chi connectivity index (χ1) is 10.1. The van der Waals surface area contributed by atoms with Crippen molar-refractivity contribution >= 4 is 5.91 Å². The summed E-state index contributed by atoms with van der Waals surface area (Å²) in [7, 11) is 0. The highest BCUT2D eigenvalue weighted by atomic mass is 16.3. The highest BCUT2D eigenvalue weighted by Crippen LogP contribution is 2.19. The summed E-state index contributed by atoms with van der Waals surface area (Å²) in [5.41, 5.74) is 2.32. The molecule has 0 radical (unpaired) electrons. The van der Waals surface area contributed by atoms with E-state index in [1.165, 1.54) is 5.56 Å². The van der Waals surface area contributed by atoms with Gasteiger partial charge in [0.1, 0.15) is 0 Å². The molecule has 1 heterocycles. The Morgan fingerprint density at radius 2 is 2.29 bits per heavy atom. The summed E-state index contributed by atoms with van der Waals surface area (Å²) in [6.45, 7) is 5.70. The van der Waals surface area contributed by atoms with E-state index in [1.54, 1.807) is 0 Å². The zero-order valence-corrected chi connectivity index (χ0v) is 13.0. The summed E-state index contributed by atoms with van der Waals surface area (Å²) in [6.07, 6.45) is 2.84. The number of carbonyl (C=O) groups is 1. The summed E-state index contributed by atoms with van der Waals surface area (Å²) < 4.78 is 0. The number of hydrogen-bond acceptors (Lipinski definition) is 3. The number of nitrogens with zero attached hydrogens (tertiary/aromatic N) is 1. The highest BCUT2D eigenvalue weighted by Gasteiger charge is 2.27. The number of hydrogen-bond donors (Lipinski definition) is 2. The average molecular weight is 290 g/mol. The molecule has 1 saturated heterocycles. The Labute approximate surface area is 127 Å². The molecule has 1 aliphatic rings. The predicted octanol–water partition coefficient (Wildman–Crippen LogP) is 1.85. The number of nitrogens with one attached hydrogen (secondary N) is 1. The maximum atomic E-state index is 12.1. The molecule has 21 heavy (non-hydrogen) atoms. The van der Waals surface area contributed by atoms with Crippen LogP contribution in [0.3, 0.4) is 0 Å². The first-order valence-corrected chi connectivity index (χ1v) is 7.80. The first kappa shape index (κ1) is 16.0. The number of piperidine rings is 1. The van der Waals surface area contributed by atoms with Gasteiger partial charge in [0.15, 0.2) is 0 Å². The molecule has 1 aliphatic heterocycles. The maximum Gasteiger partial charge on any atom is 0.234 e. The Morgan fingerprint density at radius 3 is 3.00 bits per heavy atom. The van der Waals surface area contributed by atoms with Crippen LogP contribution in [-0.4, -0.2) is 41.1 Å². The second-order valence-electron chi connectivity index (χ2n) is 6.04. The van der Waals surface area contributed by atoms with Crippen LogP contribution in [0.1, 0.15) is 37.3 Å². The van der Waals surface area contributed by atoms with Crippen LogP contribution in [0.2, 0.25) is 0 Å². The van der Waals surface area contributed by atoms with Gasteiger partial charge >= 0.3 is 0 Å². The largest absolute Gasteiger partial charge is 0.392 e. The van der Waals surface area contributed by atoms with E-state index < -0.39 is 0 Å². The number of aryl methyl sites for hydroxylation is 1. The van der Waals surface area contributed by atoms with E-state index in [2.05, 4.69) is 16.3 Å². The van der Waals surface area contributed by atoms with Gasteiger partial charge in [-0.1, -0.05) is 36.2 Å². The molecule has 0 saturated carbocycles. The predicted molar refractivity (Wildman–Crippen MR) is 83.9 cm³/mol. The zero-order valence-electron chi connectivity index (χ0n) is 13.0. The van der Waals surface area contributed by atoms with Crippen LogP contribution in [-0.2, 0) is 11.3 Å². The Kier molecular flexibility index (Phi) is 5.76. The summed E-state index contributed by atoms with van der Waals surface area (Å²) in [5.74, 6) is 0.0315. The molecule has 1 aromatic carbocycles. The Morgan fingerprint density at radius 1 is 1.48 bits per heavy atom. The van der Waals surface area contributed by atoms with Gasteiger partial charge in [0.2, 0.25) is 5.91 Å². The molecule has 2 rings (SSSR count). The van der Waals surface area contributed by atoms with Crippen molar-refractivity contribution in [1.82, 2.24) is 10.2 Å². The van der Waals surface area contributed by atoms with Gasteiger partial charge in [0, 0.05) is 12.6 Å². The number of aliphatic hydroxyl groups is 1. The minimum atomic E-state index is -0.380. The van der Waals surface area contributed by atoms with Crippen molar-refractivity contribution in [2.45, 2.75) is 51.8 Å². The quantitative estimate of drug-likeness (QED) is 0.870. The van der Waals surface area contributed by atoms with E-state index in [9.17, 15) is 9.90 Å². The monoisotopic (exact) mass is 290 g/mol. The fourth-order valence-electron chi connectivity index (χ4n) is 3.02. The number of amides is 1. The summed E-state index contributed by atoms with van der Waals surface area (Å²) in [6, 6.07) is 8.27. The molecule has 0 spiro atoms. The van der Waals surface area contributed by atoms with E-state index in [1.807, 2.05) is 32.0 Å². The maximum absolute atomic E-state index is 12.1. The molecule has 0 aromatic heterocycles. The van der Waals surface area contributed by atoms with Crippen molar-refractivity contribution in [3.05, 3.63) is 35.4 Å². The van der Waals surface area contributed by atoms with Crippen molar-refractivity contribution in [2.75, 3.05) is 13.1 Å². The number of benzene rings is 1. The van der Waals surface area contributed by atoms with Gasteiger partial charge in [-0.2, -0.15) is 0 Å². The average Bonchev–Trinajstić information content (AvgIpc) is 2.45. The molecular formula is C17H26N2O2. The Balaban J connectivity index is 1.83. The lowest BCUT2D eigenvalue weighted by molar-refractivity contribution is -0.124. The van der Waals surface area contributed by atoms with Gasteiger partial charge < -0.3 is 10.4 Å². The molecule has 2 unspecified atom stereocenters. The van der Waals surface area contributed by atoms with Gasteiger partial charge in [-0.15, -0.1) is 0 Å². The van der Waals surface area contributed by atoms with Crippen LogP contribution >= 0.6 is 0 Å². The molecule has 1 fully saturated rings. The van der Waals surface area contributed by atoms with Gasteiger partial charge in [-0.3, -0.25) is 9.69 Å². The number of carbonyl (C=O) groups excluding carboxylic acids is 1. The molecule has 4 heteroatoms. The van der Waals surface area contributed by atoms with Gasteiger partial charge in [0.25, 0.3) is 0 Å². The van der Waals surface area contributed by atoms with Crippen molar-refractivity contribution in [2.24, 2.45) is 0 Å². The van der Waals surface area contributed by atoms with Crippen molar-refractivity contribution in [1.29, 1.82) is 0 Å². The topological polar surface area (TPSA) is 52.6 Å². The van der Waals surface area contributed by atoms with Crippen LogP contribution < -0.4 is 5.32 Å². The highest BCUT2D eigenvalue weighted by molar-refractivity contribution is 5.78. The fourth-order valence-corrected chi connectivity index (χ4v) is 3.02. The molecule has 0 aliphatic carbocycles. The van der Waals surface area contributed by atoms with E-state index in [4.69, 9.17) is 0 Å². The molecule has 2 N–H and O–H groups in total. The summed E-state index contributed by atoms with van der Waals surface area (Å²) in [4.78, 5) is 14.2. The first-order valence-electron chi connectivity index (χ1n) is 7.80. The zero-order chi connectivity index (χ0) is 15.2. The van der Waals surface area contributed by atoms with E-state index in [0.717, 1.165) is 31.4 Å². The molecular weight excluding hydrogens is 264 g/mol. The third-order valence-electron chi connectivity index (χ3n) is 4.14. The van der Waals surface area contributed by atoms with Crippen LogP contribution in [0.15, 0.2) is 24.3 Å².